The van der Waals surface area contributed by atoms with Crippen LogP contribution in [0.3, 0.4) is 0 Å². The molecule has 1 heterocycles. The molecule has 0 spiro atoms. The number of rotatable bonds is 5. The van der Waals surface area contributed by atoms with E-state index in [0.29, 0.717) is 12.3 Å². The molecule has 1 aliphatic heterocycles. The highest BCUT2D eigenvalue weighted by Crippen LogP contribution is 2.21. The number of piperidine rings is 1. The first-order chi connectivity index (χ1) is 7.13. The zero-order valence-electron chi connectivity index (χ0n) is 10.0. The lowest BCUT2D eigenvalue weighted by Crippen LogP contribution is -2.37. The van der Waals surface area contributed by atoms with Gasteiger partial charge in [0.05, 0.1) is 6.04 Å². The zero-order chi connectivity index (χ0) is 11.3. The van der Waals surface area contributed by atoms with E-state index in [1.807, 2.05) is 6.92 Å². The molecule has 0 aromatic rings. The molecule has 0 aromatic carbocycles. The monoisotopic (exact) mass is 212 g/mol. The van der Waals surface area contributed by atoms with Crippen molar-refractivity contribution in [2.45, 2.75) is 45.1 Å². The molecule has 1 aliphatic rings. The van der Waals surface area contributed by atoms with E-state index in [-0.39, 0.29) is 11.8 Å². The minimum absolute atomic E-state index is 0.210. The van der Waals surface area contributed by atoms with Gasteiger partial charge in [0.25, 0.3) is 0 Å². The van der Waals surface area contributed by atoms with Gasteiger partial charge in [0, 0.05) is 6.42 Å². The fraction of sp³-hybridized carbons (Fsp3) is 0.917. The minimum Gasteiger partial charge on any atom is -0.322 e. The van der Waals surface area contributed by atoms with E-state index in [1.165, 1.54) is 12.8 Å². The summed E-state index contributed by atoms with van der Waals surface area (Å²) >= 11 is 0. The number of nitrogens with zero attached hydrogens (tertiary/aromatic N) is 1. The fourth-order valence-corrected chi connectivity index (χ4v) is 2.22. The van der Waals surface area contributed by atoms with Gasteiger partial charge in [-0.15, -0.1) is 0 Å². The van der Waals surface area contributed by atoms with Gasteiger partial charge in [0.2, 0.25) is 0 Å². The maximum absolute atomic E-state index is 11.5. The Hall–Kier alpha value is -0.410. The topological polar surface area (TPSA) is 46.3 Å². The van der Waals surface area contributed by atoms with Gasteiger partial charge in [-0.3, -0.25) is 4.79 Å². The summed E-state index contributed by atoms with van der Waals surface area (Å²) in [5.41, 5.74) is 5.91. The van der Waals surface area contributed by atoms with Crippen molar-refractivity contribution in [1.29, 1.82) is 0 Å². The second-order valence-corrected chi connectivity index (χ2v) is 4.81. The highest BCUT2D eigenvalue weighted by molar-refractivity contribution is 5.83. The highest BCUT2D eigenvalue weighted by atomic mass is 16.1. The molecule has 1 atom stereocenters. The number of likely N-dealkylation sites (tertiary alicyclic amines) is 1. The second-order valence-electron chi connectivity index (χ2n) is 4.81. The van der Waals surface area contributed by atoms with Crippen LogP contribution in [0.25, 0.3) is 0 Å². The van der Waals surface area contributed by atoms with Crippen LogP contribution in [0.1, 0.15) is 39.0 Å². The molecule has 1 fully saturated rings. The predicted molar refractivity (Wildman–Crippen MR) is 62.7 cm³/mol. The Kier molecular flexibility index (Phi) is 5.26. The molecule has 0 bridgehead atoms. The second kappa shape index (κ2) is 6.23. The van der Waals surface area contributed by atoms with E-state index < -0.39 is 0 Å². The number of carbonyl (C=O) groups excluding carboxylic acids is 1. The normalized spacial score (nSPS) is 21.5. The van der Waals surface area contributed by atoms with Crippen molar-refractivity contribution >= 4 is 5.78 Å². The molecule has 3 heteroatoms. The molecule has 15 heavy (non-hydrogen) atoms. The van der Waals surface area contributed by atoms with Crippen LogP contribution in [-0.2, 0) is 4.79 Å². The maximum Gasteiger partial charge on any atom is 0.149 e. The predicted octanol–water partition coefficient (Wildman–Crippen LogP) is 1.41. The molecular formula is C12H24N2O. The Morgan fingerprint density at radius 3 is 2.60 bits per heavy atom. The van der Waals surface area contributed by atoms with E-state index in [4.69, 9.17) is 5.73 Å². The fourth-order valence-electron chi connectivity index (χ4n) is 2.22. The van der Waals surface area contributed by atoms with Crippen molar-refractivity contribution in [3.8, 4) is 0 Å². The Bertz CT molecular complexity index is 198. The number of nitrogens with two attached hydrogens (primary N) is 1. The molecule has 0 aromatic heterocycles. The minimum atomic E-state index is -0.210. The molecule has 0 amide bonds. The molecule has 2 N–H and O–H groups in total. The third kappa shape index (κ3) is 4.31. The average Bonchev–Trinajstić information content (AvgIpc) is 2.22. The first-order valence-electron chi connectivity index (χ1n) is 6.10. The van der Waals surface area contributed by atoms with Gasteiger partial charge in [0.1, 0.15) is 5.78 Å². The van der Waals surface area contributed by atoms with Crippen LogP contribution in [0.2, 0.25) is 0 Å². The molecular weight excluding hydrogens is 188 g/mol. The van der Waals surface area contributed by atoms with E-state index >= 15 is 0 Å². The van der Waals surface area contributed by atoms with Crippen LogP contribution in [0.5, 0.6) is 0 Å². The molecule has 0 aliphatic carbocycles. The van der Waals surface area contributed by atoms with Gasteiger partial charge in [-0.2, -0.15) is 0 Å². The molecule has 0 saturated carbocycles. The number of hydrogen-bond acceptors (Lipinski definition) is 3. The van der Waals surface area contributed by atoms with Crippen molar-refractivity contribution in [3.05, 3.63) is 0 Å². The average molecular weight is 212 g/mol. The Balaban J connectivity index is 2.25. The van der Waals surface area contributed by atoms with Gasteiger partial charge >= 0.3 is 0 Å². The third-order valence-electron chi connectivity index (χ3n) is 3.34. The lowest BCUT2D eigenvalue weighted by atomic mass is 9.89. The Labute approximate surface area is 93.0 Å². The molecule has 3 nitrogen and oxygen atoms in total. The largest absolute Gasteiger partial charge is 0.322 e. The van der Waals surface area contributed by atoms with Gasteiger partial charge < -0.3 is 10.6 Å². The lowest BCUT2D eigenvalue weighted by Gasteiger charge is -2.30. The molecule has 1 saturated heterocycles. The van der Waals surface area contributed by atoms with Crippen LogP contribution in [0.4, 0.5) is 0 Å². The van der Waals surface area contributed by atoms with Gasteiger partial charge in [-0.25, -0.2) is 0 Å². The van der Waals surface area contributed by atoms with Crippen molar-refractivity contribution < 1.29 is 4.79 Å². The Morgan fingerprint density at radius 1 is 1.47 bits per heavy atom. The molecule has 88 valence electrons. The van der Waals surface area contributed by atoms with Crippen molar-refractivity contribution in [3.63, 3.8) is 0 Å². The number of hydrogen-bond donors (Lipinski definition) is 1. The lowest BCUT2D eigenvalue weighted by molar-refractivity contribution is -0.120. The summed E-state index contributed by atoms with van der Waals surface area (Å²) < 4.78 is 0. The number of carbonyl (C=O) groups is 1. The number of ketones is 1. The third-order valence-corrected chi connectivity index (χ3v) is 3.34. The van der Waals surface area contributed by atoms with Crippen LogP contribution in [0, 0.1) is 5.92 Å². The van der Waals surface area contributed by atoms with Crippen LogP contribution < -0.4 is 5.73 Å². The summed E-state index contributed by atoms with van der Waals surface area (Å²) in [6.07, 6.45) is 4.85. The van der Waals surface area contributed by atoms with Crippen LogP contribution >= 0.6 is 0 Å². The van der Waals surface area contributed by atoms with Gasteiger partial charge in [-0.1, -0.05) is 6.92 Å². The van der Waals surface area contributed by atoms with Crippen molar-refractivity contribution in [2.24, 2.45) is 11.7 Å². The van der Waals surface area contributed by atoms with Crippen LogP contribution in [0.15, 0.2) is 0 Å². The molecule has 0 unspecified atom stereocenters. The highest BCUT2D eigenvalue weighted by Gasteiger charge is 2.21. The Morgan fingerprint density at radius 2 is 2.07 bits per heavy atom. The van der Waals surface area contributed by atoms with Crippen molar-refractivity contribution in [1.82, 2.24) is 4.90 Å². The first kappa shape index (κ1) is 12.7. The summed E-state index contributed by atoms with van der Waals surface area (Å²) in [4.78, 5) is 13.9. The standard InChI is InChI=1S/C12H24N2O/c1-3-4-12(15)11(13)9-10-5-7-14(2)8-6-10/h10-11H,3-9,13H2,1-2H3/t11-/m0/s1. The zero-order valence-corrected chi connectivity index (χ0v) is 10.0. The summed E-state index contributed by atoms with van der Waals surface area (Å²) in [6.45, 7) is 4.33. The van der Waals surface area contributed by atoms with Crippen LogP contribution in [-0.4, -0.2) is 36.9 Å². The first-order valence-corrected chi connectivity index (χ1v) is 6.10. The number of Topliss-reactive ketones (excluding diaryl/α,β-unsaturated/α-hetero) is 1. The summed E-state index contributed by atoms with van der Waals surface area (Å²) in [6, 6.07) is -0.210. The molecule has 1 rings (SSSR count). The van der Waals surface area contributed by atoms with E-state index in [1.54, 1.807) is 0 Å². The van der Waals surface area contributed by atoms with Crippen molar-refractivity contribution in [2.75, 3.05) is 20.1 Å². The quantitative estimate of drug-likeness (QED) is 0.749. The van der Waals surface area contributed by atoms with Gasteiger partial charge in [0.15, 0.2) is 0 Å². The molecule has 0 radical (unpaired) electrons. The van der Waals surface area contributed by atoms with E-state index in [2.05, 4.69) is 11.9 Å². The maximum atomic E-state index is 11.5. The van der Waals surface area contributed by atoms with E-state index in [9.17, 15) is 4.79 Å². The SMILES string of the molecule is CCCC(=O)[C@@H](N)CC1CCN(C)CC1. The summed E-state index contributed by atoms with van der Waals surface area (Å²) in [7, 11) is 2.15. The summed E-state index contributed by atoms with van der Waals surface area (Å²) in [5, 5.41) is 0. The smallest absolute Gasteiger partial charge is 0.149 e. The summed E-state index contributed by atoms with van der Waals surface area (Å²) in [5.74, 6) is 0.911. The van der Waals surface area contributed by atoms with Gasteiger partial charge in [-0.05, 0) is 51.7 Å². The van der Waals surface area contributed by atoms with E-state index in [0.717, 1.165) is 25.9 Å².